The van der Waals surface area contributed by atoms with Crippen LogP contribution < -0.4 is 9.74 Å². The zero-order valence-corrected chi connectivity index (χ0v) is 19.7. The van der Waals surface area contributed by atoms with Gasteiger partial charge in [0.15, 0.2) is 5.76 Å². The molecule has 4 aromatic rings. The molecule has 2 aromatic heterocycles. The minimum absolute atomic E-state index is 0.106. The minimum Gasteiger partial charge on any atom is -0.372 e. The maximum atomic E-state index is 14.0. The van der Waals surface area contributed by atoms with E-state index < -0.39 is 55.4 Å². The highest BCUT2D eigenvalue weighted by molar-refractivity contribution is 7.87. The van der Waals surface area contributed by atoms with E-state index in [1.807, 2.05) is 0 Å². The Hall–Kier alpha value is -3.81. The Morgan fingerprint density at radius 1 is 1.00 bits per heavy atom. The van der Waals surface area contributed by atoms with E-state index in [2.05, 4.69) is 14.4 Å². The lowest BCUT2D eigenvalue weighted by atomic mass is 10.1. The molecule has 0 saturated heterocycles. The van der Waals surface area contributed by atoms with Crippen LogP contribution in [0.25, 0.3) is 10.8 Å². The second kappa shape index (κ2) is 8.94. The zero-order chi connectivity index (χ0) is 26.6. The lowest BCUT2D eigenvalue weighted by Gasteiger charge is -2.13. The molecule has 0 spiro atoms. The number of aryl methyl sites for hydroxylation is 1. The van der Waals surface area contributed by atoms with E-state index in [0.717, 1.165) is 29.7 Å². The third-order valence-corrected chi connectivity index (χ3v) is 7.04. The van der Waals surface area contributed by atoms with Crippen LogP contribution in [0.4, 0.5) is 22.0 Å². The zero-order valence-electron chi connectivity index (χ0n) is 18.9. The van der Waals surface area contributed by atoms with Gasteiger partial charge in [-0.2, -0.15) is 22.3 Å². The number of halogens is 5. The average Bonchev–Trinajstić information content (AvgIpc) is 3.60. The van der Waals surface area contributed by atoms with Gasteiger partial charge in [-0.25, -0.2) is 17.9 Å². The lowest BCUT2D eigenvalue weighted by molar-refractivity contribution is 0.346. The fourth-order valence-corrected chi connectivity index (χ4v) is 4.76. The van der Waals surface area contributed by atoms with Crippen LogP contribution in [0.2, 0.25) is 0 Å². The van der Waals surface area contributed by atoms with Crippen LogP contribution in [0.15, 0.2) is 38.5 Å². The van der Waals surface area contributed by atoms with Gasteiger partial charge in [-0.1, -0.05) is 11.2 Å². The van der Waals surface area contributed by atoms with Crippen molar-refractivity contribution < 1.29 is 39.1 Å². The number of hydrogen-bond acceptors (Lipinski definition) is 7. The Morgan fingerprint density at radius 2 is 1.65 bits per heavy atom. The fourth-order valence-electron chi connectivity index (χ4n) is 3.80. The van der Waals surface area contributed by atoms with Crippen LogP contribution in [-0.2, 0) is 23.1 Å². The summed E-state index contributed by atoms with van der Waals surface area (Å²) in [6.07, 6.45) is 2.44. The number of rotatable bonds is 7. The Bertz CT molecular complexity index is 1700. The molecule has 0 bridgehead atoms. The van der Waals surface area contributed by atoms with Crippen molar-refractivity contribution in [3.8, 4) is 5.75 Å². The minimum atomic E-state index is -5.14. The maximum Gasteiger partial charge on any atom is 0.339 e. The van der Waals surface area contributed by atoms with Gasteiger partial charge >= 0.3 is 10.1 Å². The quantitative estimate of drug-likeness (QED) is 0.150. The van der Waals surface area contributed by atoms with E-state index in [-0.39, 0.29) is 11.9 Å². The van der Waals surface area contributed by atoms with Crippen LogP contribution in [-0.4, -0.2) is 23.4 Å². The summed E-state index contributed by atoms with van der Waals surface area (Å²) >= 11 is 0. The highest BCUT2D eigenvalue weighted by Crippen LogP contribution is 2.35. The molecular weight excluding hydrogens is 525 g/mol. The first-order chi connectivity index (χ1) is 17.5. The number of nitrogens with zero attached hydrogens (tertiary/aromatic N) is 3. The Kier molecular flexibility index (Phi) is 6.01. The lowest BCUT2D eigenvalue weighted by Crippen LogP contribution is -2.25. The van der Waals surface area contributed by atoms with E-state index in [9.17, 15) is 35.2 Å². The summed E-state index contributed by atoms with van der Waals surface area (Å²) in [5, 5.41) is 8.40. The van der Waals surface area contributed by atoms with Crippen LogP contribution >= 0.6 is 0 Å². The van der Waals surface area contributed by atoms with E-state index in [1.54, 1.807) is 13.0 Å². The third kappa shape index (κ3) is 4.56. The summed E-state index contributed by atoms with van der Waals surface area (Å²) in [4.78, 5) is 12.5. The molecule has 0 radical (unpaired) electrons. The molecule has 14 heteroatoms. The van der Waals surface area contributed by atoms with E-state index >= 15 is 0 Å². The molecule has 37 heavy (non-hydrogen) atoms. The summed E-state index contributed by atoms with van der Waals surface area (Å²) in [6.45, 7) is 1.58. The number of benzene rings is 2. The maximum absolute atomic E-state index is 14.0. The highest BCUT2D eigenvalue weighted by Gasteiger charge is 2.31. The van der Waals surface area contributed by atoms with Crippen molar-refractivity contribution in [2.45, 2.75) is 37.6 Å². The molecule has 0 N–H and O–H groups in total. The summed E-state index contributed by atoms with van der Waals surface area (Å²) in [5.74, 6) is -13.4. The van der Waals surface area contributed by atoms with Gasteiger partial charge in [-0.05, 0) is 44.2 Å². The predicted molar refractivity (Wildman–Crippen MR) is 117 cm³/mol. The standard InChI is InChI=1S/C23H16F5N3O5S/c1-10-6-12(35-30-10)9-31-23(32)15-8-13(4-5-14(15)16(29-31)7-11-2-3-11)37(33,34)36-22-20(27)18(25)17(24)19(26)21(22)28/h4-6,8,11H,2-3,7,9H2,1H3. The van der Waals surface area contributed by atoms with Crippen LogP contribution in [0.1, 0.15) is 30.0 Å². The van der Waals surface area contributed by atoms with Gasteiger partial charge in [-0.15, -0.1) is 0 Å². The molecule has 1 fully saturated rings. The topological polar surface area (TPSA) is 104 Å². The van der Waals surface area contributed by atoms with Crippen molar-refractivity contribution in [1.82, 2.24) is 14.9 Å². The Morgan fingerprint density at radius 3 is 2.24 bits per heavy atom. The van der Waals surface area contributed by atoms with Gasteiger partial charge in [0, 0.05) is 11.5 Å². The monoisotopic (exact) mass is 541 g/mol. The molecule has 1 aliphatic carbocycles. The normalized spacial score (nSPS) is 13.9. The second-order valence-corrected chi connectivity index (χ2v) is 10.2. The SMILES string of the molecule is Cc1cc(Cn2nc(CC3CC3)c3ccc(S(=O)(=O)Oc4c(F)c(F)c(F)c(F)c4F)cc3c2=O)on1. The summed E-state index contributed by atoms with van der Waals surface area (Å²) < 4.78 is 104. The molecule has 1 saturated carbocycles. The number of fused-ring (bicyclic) bond motifs is 1. The molecule has 8 nitrogen and oxygen atoms in total. The van der Waals surface area contributed by atoms with Gasteiger partial charge in [0.05, 0.1) is 16.8 Å². The number of hydrogen-bond donors (Lipinski definition) is 0. The molecule has 0 amide bonds. The van der Waals surface area contributed by atoms with Crippen molar-refractivity contribution in [2.75, 3.05) is 0 Å². The molecular formula is C23H16F5N3O5S. The first kappa shape index (κ1) is 24.9. The van der Waals surface area contributed by atoms with Gasteiger partial charge in [-0.3, -0.25) is 4.79 Å². The second-order valence-electron chi connectivity index (χ2n) is 8.64. The van der Waals surface area contributed by atoms with Crippen LogP contribution in [0, 0.1) is 41.9 Å². The molecule has 5 rings (SSSR count). The Balaban J connectivity index is 1.61. The third-order valence-electron chi connectivity index (χ3n) is 5.82. The van der Waals surface area contributed by atoms with Crippen molar-refractivity contribution in [3.63, 3.8) is 0 Å². The smallest absolute Gasteiger partial charge is 0.339 e. The van der Waals surface area contributed by atoms with Crippen molar-refractivity contribution in [3.05, 3.63) is 80.9 Å². The molecule has 1 aliphatic rings. The first-order valence-corrected chi connectivity index (χ1v) is 12.3. The molecule has 0 atom stereocenters. The first-order valence-electron chi connectivity index (χ1n) is 10.9. The molecule has 2 aromatic carbocycles. The van der Waals surface area contributed by atoms with Crippen molar-refractivity contribution in [2.24, 2.45) is 5.92 Å². The summed E-state index contributed by atoms with van der Waals surface area (Å²) in [7, 11) is -5.14. The van der Waals surface area contributed by atoms with Crippen molar-refractivity contribution >= 4 is 20.9 Å². The van der Waals surface area contributed by atoms with Crippen LogP contribution in [0.3, 0.4) is 0 Å². The Labute approximate surface area is 205 Å². The largest absolute Gasteiger partial charge is 0.372 e. The molecule has 0 unspecified atom stereocenters. The molecule has 0 aliphatic heterocycles. The van der Waals surface area contributed by atoms with Crippen molar-refractivity contribution in [1.29, 1.82) is 0 Å². The summed E-state index contributed by atoms with van der Waals surface area (Å²) in [5.41, 5.74) is 0.371. The number of aromatic nitrogens is 3. The summed E-state index contributed by atoms with van der Waals surface area (Å²) in [6, 6.07) is 4.77. The van der Waals surface area contributed by atoms with Gasteiger partial charge in [0.25, 0.3) is 5.56 Å². The van der Waals surface area contributed by atoms with Gasteiger partial charge in [0.1, 0.15) is 11.4 Å². The highest BCUT2D eigenvalue weighted by atomic mass is 32.2. The van der Waals surface area contributed by atoms with Crippen LogP contribution in [0.5, 0.6) is 5.75 Å². The molecule has 2 heterocycles. The van der Waals surface area contributed by atoms with Gasteiger partial charge in [0.2, 0.25) is 34.8 Å². The molecule has 194 valence electrons. The van der Waals surface area contributed by atoms with E-state index in [1.165, 1.54) is 6.07 Å². The average molecular weight is 541 g/mol. The van der Waals surface area contributed by atoms with E-state index in [0.29, 0.717) is 34.9 Å². The van der Waals surface area contributed by atoms with E-state index in [4.69, 9.17) is 4.52 Å². The van der Waals surface area contributed by atoms with Gasteiger partial charge < -0.3 is 8.71 Å². The predicted octanol–water partition coefficient (Wildman–Crippen LogP) is 4.16. The fraction of sp³-hybridized carbons (Fsp3) is 0.261.